The minimum atomic E-state index is 0.112. The Hall–Kier alpha value is -0.920. The molecule has 15 heavy (non-hydrogen) atoms. The zero-order valence-corrected chi connectivity index (χ0v) is 10.2. The van der Waals surface area contributed by atoms with E-state index < -0.39 is 0 Å². The fraction of sp³-hybridized carbons (Fsp3) is 0.500. The summed E-state index contributed by atoms with van der Waals surface area (Å²) in [5, 5.41) is 3.12. The second-order valence-electron chi connectivity index (χ2n) is 2.96. The highest BCUT2D eigenvalue weighted by Crippen LogP contribution is 2.19. The van der Waals surface area contributed by atoms with E-state index in [2.05, 4.69) is 36.6 Å². The minimum Gasteiger partial charge on any atom is -0.380 e. The van der Waals surface area contributed by atoms with Gasteiger partial charge in [-0.15, -0.1) is 0 Å². The molecule has 0 aliphatic heterocycles. The standard InChI is InChI=1S/C8H14BrN5O/c1-5(15-2)3-11-7-6(9)4-12-8(13-7)14-10/h4-5H,3,10H2,1-2H3,(H2,11,12,13,14). The van der Waals surface area contributed by atoms with Gasteiger partial charge in [-0.25, -0.2) is 10.8 Å². The summed E-state index contributed by atoms with van der Waals surface area (Å²) >= 11 is 3.33. The van der Waals surface area contributed by atoms with Gasteiger partial charge in [0.2, 0.25) is 5.95 Å². The Balaban J connectivity index is 2.66. The smallest absolute Gasteiger partial charge is 0.239 e. The molecule has 1 unspecified atom stereocenters. The number of nitrogens with zero attached hydrogens (tertiary/aromatic N) is 2. The average Bonchev–Trinajstić information content (AvgIpc) is 2.27. The summed E-state index contributed by atoms with van der Waals surface area (Å²) in [7, 11) is 1.66. The molecule has 0 saturated carbocycles. The summed E-state index contributed by atoms with van der Waals surface area (Å²) in [6.07, 6.45) is 1.74. The Morgan fingerprint density at radius 1 is 1.67 bits per heavy atom. The van der Waals surface area contributed by atoms with Gasteiger partial charge in [-0.3, -0.25) is 5.43 Å². The summed E-state index contributed by atoms with van der Waals surface area (Å²) in [5.41, 5.74) is 2.38. The van der Waals surface area contributed by atoms with Crippen LogP contribution in [0.15, 0.2) is 10.7 Å². The number of nitrogen functional groups attached to an aromatic ring is 1. The zero-order valence-electron chi connectivity index (χ0n) is 8.62. The predicted molar refractivity (Wildman–Crippen MR) is 62.5 cm³/mol. The molecule has 1 heterocycles. The molecule has 0 saturated heterocycles. The molecule has 84 valence electrons. The molecule has 0 spiro atoms. The number of hydrogen-bond donors (Lipinski definition) is 3. The summed E-state index contributed by atoms with van der Waals surface area (Å²) < 4.78 is 5.89. The quantitative estimate of drug-likeness (QED) is 0.549. The molecule has 0 fully saturated rings. The van der Waals surface area contributed by atoms with E-state index in [9.17, 15) is 0 Å². The first-order chi connectivity index (χ1) is 7.17. The summed E-state index contributed by atoms with van der Waals surface area (Å²) in [5.74, 6) is 6.26. The van der Waals surface area contributed by atoms with E-state index in [0.717, 1.165) is 4.47 Å². The highest BCUT2D eigenvalue weighted by Gasteiger charge is 2.05. The van der Waals surface area contributed by atoms with Crippen LogP contribution in [-0.2, 0) is 4.74 Å². The van der Waals surface area contributed by atoms with Crippen LogP contribution in [0.2, 0.25) is 0 Å². The van der Waals surface area contributed by atoms with Crippen molar-refractivity contribution in [2.75, 3.05) is 24.4 Å². The monoisotopic (exact) mass is 275 g/mol. The number of aromatic nitrogens is 2. The first kappa shape index (κ1) is 12.2. The van der Waals surface area contributed by atoms with Gasteiger partial charge in [0.1, 0.15) is 5.82 Å². The minimum absolute atomic E-state index is 0.112. The number of halogens is 1. The molecular weight excluding hydrogens is 262 g/mol. The van der Waals surface area contributed by atoms with Crippen LogP contribution in [0.1, 0.15) is 6.92 Å². The van der Waals surface area contributed by atoms with Gasteiger partial charge >= 0.3 is 0 Å². The lowest BCUT2D eigenvalue weighted by molar-refractivity contribution is 0.128. The molecule has 0 radical (unpaired) electrons. The first-order valence-corrected chi connectivity index (χ1v) is 5.22. The first-order valence-electron chi connectivity index (χ1n) is 4.43. The Morgan fingerprint density at radius 2 is 2.40 bits per heavy atom. The van der Waals surface area contributed by atoms with Crippen molar-refractivity contribution in [3.8, 4) is 0 Å². The summed E-state index contributed by atoms with van der Waals surface area (Å²) in [6, 6.07) is 0. The van der Waals surface area contributed by atoms with E-state index in [0.29, 0.717) is 18.3 Å². The van der Waals surface area contributed by atoms with Crippen molar-refractivity contribution in [1.82, 2.24) is 9.97 Å². The van der Waals surface area contributed by atoms with Gasteiger partial charge in [-0.2, -0.15) is 4.98 Å². The van der Waals surface area contributed by atoms with Crippen molar-refractivity contribution in [3.63, 3.8) is 0 Å². The fourth-order valence-electron chi connectivity index (χ4n) is 0.884. The number of nitrogens with one attached hydrogen (secondary N) is 2. The van der Waals surface area contributed by atoms with Crippen LogP contribution < -0.4 is 16.6 Å². The lowest BCUT2D eigenvalue weighted by atomic mass is 10.4. The molecule has 6 nitrogen and oxygen atoms in total. The number of hydrogen-bond acceptors (Lipinski definition) is 6. The SMILES string of the molecule is COC(C)CNc1nc(NN)ncc1Br. The maximum atomic E-state index is 5.21. The highest BCUT2D eigenvalue weighted by molar-refractivity contribution is 9.10. The zero-order chi connectivity index (χ0) is 11.3. The van der Waals surface area contributed by atoms with Gasteiger partial charge in [0.25, 0.3) is 0 Å². The second kappa shape index (κ2) is 5.84. The summed E-state index contributed by atoms with van der Waals surface area (Å²) in [6.45, 7) is 2.63. The van der Waals surface area contributed by atoms with Crippen LogP contribution in [0.5, 0.6) is 0 Å². The molecule has 1 atom stereocenters. The Kier molecular flexibility index (Phi) is 4.73. The van der Waals surface area contributed by atoms with E-state index >= 15 is 0 Å². The van der Waals surface area contributed by atoms with E-state index in [-0.39, 0.29) is 6.10 Å². The molecule has 0 bridgehead atoms. The number of hydrazine groups is 1. The van der Waals surface area contributed by atoms with Crippen LogP contribution >= 0.6 is 15.9 Å². The largest absolute Gasteiger partial charge is 0.380 e. The van der Waals surface area contributed by atoms with Gasteiger partial charge < -0.3 is 10.1 Å². The molecular formula is C8H14BrN5O. The van der Waals surface area contributed by atoms with Crippen LogP contribution in [0, 0.1) is 0 Å². The van der Waals surface area contributed by atoms with Gasteiger partial charge in [0.15, 0.2) is 0 Å². The van der Waals surface area contributed by atoms with Gasteiger partial charge in [0, 0.05) is 19.9 Å². The number of ether oxygens (including phenoxy) is 1. The fourth-order valence-corrected chi connectivity index (χ4v) is 1.22. The third kappa shape index (κ3) is 3.61. The van der Waals surface area contributed by atoms with E-state index in [1.807, 2.05) is 6.92 Å². The number of nitrogens with two attached hydrogens (primary N) is 1. The third-order valence-corrected chi connectivity index (χ3v) is 2.41. The van der Waals surface area contributed by atoms with Gasteiger partial charge in [-0.05, 0) is 22.9 Å². The van der Waals surface area contributed by atoms with Crippen LogP contribution in [0.25, 0.3) is 0 Å². The topological polar surface area (TPSA) is 85.1 Å². The lowest BCUT2D eigenvalue weighted by Gasteiger charge is -2.12. The molecule has 1 aromatic rings. The van der Waals surface area contributed by atoms with Crippen LogP contribution in [0.3, 0.4) is 0 Å². The second-order valence-corrected chi connectivity index (χ2v) is 3.82. The van der Waals surface area contributed by atoms with E-state index in [1.165, 1.54) is 0 Å². The number of rotatable bonds is 5. The molecule has 0 aliphatic rings. The Bertz CT molecular complexity index is 322. The normalized spacial score (nSPS) is 12.3. The Labute approximate surface area is 96.7 Å². The van der Waals surface area contributed by atoms with Gasteiger partial charge in [0.05, 0.1) is 10.6 Å². The molecule has 4 N–H and O–H groups in total. The maximum Gasteiger partial charge on any atom is 0.239 e. The number of anilines is 2. The lowest BCUT2D eigenvalue weighted by Crippen LogP contribution is -2.19. The van der Waals surface area contributed by atoms with Crippen molar-refractivity contribution in [1.29, 1.82) is 0 Å². The van der Waals surface area contributed by atoms with Crippen LogP contribution in [-0.4, -0.2) is 29.7 Å². The average molecular weight is 276 g/mol. The maximum absolute atomic E-state index is 5.21. The van der Waals surface area contributed by atoms with Crippen LogP contribution in [0.4, 0.5) is 11.8 Å². The van der Waals surface area contributed by atoms with Gasteiger partial charge in [-0.1, -0.05) is 0 Å². The van der Waals surface area contributed by atoms with E-state index in [1.54, 1.807) is 13.3 Å². The van der Waals surface area contributed by atoms with Crippen molar-refractivity contribution in [2.45, 2.75) is 13.0 Å². The molecule has 1 rings (SSSR count). The summed E-state index contributed by atoms with van der Waals surface area (Å²) in [4.78, 5) is 8.08. The Morgan fingerprint density at radius 3 is 3.00 bits per heavy atom. The van der Waals surface area contributed by atoms with Crippen molar-refractivity contribution >= 4 is 27.7 Å². The highest BCUT2D eigenvalue weighted by atomic mass is 79.9. The molecule has 0 aliphatic carbocycles. The molecule has 0 amide bonds. The molecule has 7 heteroatoms. The predicted octanol–water partition coefficient (Wildman–Crippen LogP) is 0.972. The third-order valence-electron chi connectivity index (χ3n) is 1.83. The van der Waals surface area contributed by atoms with Crippen molar-refractivity contribution < 1.29 is 4.74 Å². The van der Waals surface area contributed by atoms with Crippen molar-refractivity contribution in [2.24, 2.45) is 5.84 Å². The van der Waals surface area contributed by atoms with Crippen molar-refractivity contribution in [3.05, 3.63) is 10.7 Å². The molecule has 0 aromatic carbocycles. The number of methoxy groups -OCH3 is 1. The van der Waals surface area contributed by atoms with E-state index in [4.69, 9.17) is 10.6 Å². The molecule has 1 aromatic heterocycles.